The van der Waals surface area contributed by atoms with Crippen LogP contribution in [0.15, 0.2) is 48.5 Å². The molecule has 0 aromatic heterocycles. The van der Waals surface area contributed by atoms with Gasteiger partial charge in [-0.2, -0.15) is 0 Å². The average molecular weight is 390 g/mol. The molecular weight excluding hydrogens is 366 g/mol. The van der Waals surface area contributed by atoms with Crippen molar-refractivity contribution in [2.75, 3.05) is 6.61 Å². The molecule has 5 nitrogen and oxygen atoms in total. The van der Waals surface area contributed by atoms with E-state index in [2.05, 4.69) is 5.32 Å². The third kappa shape index (κ3) is 6.04. The van der Waals surface area contributed by atoms with Gasteiger partial charge in [-0.1, -0.05) is 24.3 Å². The highest BCUT2D eigenvalue weighted by molar-refractivity contribution is 5.88. The molecule has 2 amide bonds. The highest BCUT2D eigenvalue weighted by Gasteiger charge is 2.27. The van der Waals surface area contributed by atoms with Gasteiger partial charge in [0.15, 0.2) is 18.2 Å². The fourth-order valence-corrected chi connectivity index (χ4v) is 2.56. The molecule has 1 N–H and O–H groups in total. The van der Waals surface area contributed by atoms with Crippen molar-refractivity contribution >= 4 is 11.8 Å². The Balaban J connectivity index is 2.15. The van der Waals surface area contributed by atoms with E-state index in [0.29, 0.717) is 5.56 Å². The Morgan fingerprint density at radius 1 is 1.04 bits per heavy atom. The third-order valence-electron chi connectivity index (χ3n) is 4.05. The molecule has 0 spiro atoms. The smallest absolute Gasteiger partial charge is 0.261 e. The van der Waals surface area contributed by atoms with E-state index >= 15 is 0 Å². The number of halogens is 2. The Bertz CT molecular complexity index is 810. The Morgan fingerprint density at radius 2 is 1.68 bits per heavy atom. The lowest BCUT2D eigenvalue weighted by molar-refractivity contribution is -0.142. The standard InChI is InChI=1S/C21H24F2N2O3/c1-14(2)24-21(27)15(3)25(12-16-8-10-17(22)11-9-16)20(26)13-28-19-7-5-4-6-18(19)23/h4-11,14-15H,12-13H2,1-3H3,(H,24,27). The minimum atomic E-state index is -0.788. The van der Waals surface area contributed by atoms with Crippen LogP contribution in [0.3, 0.4) is 0 Å². The molecule has 28 heavy (non-hydrogen) atoms. The molecule has 0 fully saturated rings. The van der Waals surface area contributed by atoms with Crippen molar-refractivity contribution in [1.29, 1.82) is 0 Å². The molecule has 1 unspecified atom stereocenters. The second-order valence-electron chi connectivity index (χ2n) is 6.71. The fourth-order valence-electron chi connectivity index (χ4n) is 2.56. The predicted molar refractivity (Wildman–Crippen MR) is 102 cm³/mol. The van der Waals surface area contributed by atoms with Crippen molar-refractivity contribution in [3.05, 3.63) is 65.7 Å². The number of hydrogen-bond acceptors (Lipinski definition) is 3. The molecule has 0 bridgehead atoms. The van der Waals surface area contributed by atoms with Gasteiger partial charge in [-0.15, -0.1) is 0 Å². The van der Waals surface area contributed by atoms with Crippen molar-refractivity contribution in [2.45, 2.75) is 39.4 Å². The van der Waals surface area contributed by atoms with Gasteiger partial charge in [0.25, 0.3) is 5.91 Å². The number of nitrogens with zero attached hydrogens (tertiary/aromatic N) is 1. The van der Waals surface area contributed by atoms with Gasteiger partial charge in [-0.25, -0.2) is 8.78 Å². The topological polar surface area (TPSA) is 58.6 Å². The van der Waals surface area contributed by atoms with E-state index in [-0.39, 0.29) is 24.2 Å². The zero-order chi connectivity index (χ0) is 20.7. The number of carbonyl (C=O) groups excluding carboxylic acids is 2. The minimum Gasteiger partial charge on any atom is -0.481 e. The maximum absolute atomic E-state index is 13.7. The minimum absolute atomic E-state index is 0.0446. The summed E-state index contributed by atoms with van der Waals surface area (Å²) in [6, 6.07) is 10.5. The van der Waals surface area contributed by atoms with Crippen LogP contribution in [0, 0.1) is 11.6 Å². The van der Waals surface area contributed by atoms with E-state index in [0.717, 1.165) is 0 Å². The first kappa shape index (κ1) is 21.3. The Labute approximate surface area is 163 Å². The summed E-state index contributed by atoms with van der Waals surface area (Å²) in [5.41, 5.74) is 0.657. The first-order valence-corrected chi connectivity index (χ1v) is 8.99. The van der Waals surface area contributed by atoms with Crippen molar-refractivity contribution in [1.82, 2.24) is 10.2 Å². The van der Waals surface area contributed by atoms with E-state index in [1.54, 1.807) is 25.1 Å². The van der Waals surface area contributed by atoms with Crippen LogP contribution in [0.5, 0.6) is 5.75 Å². The van der Waals surface area contributed by atoms with E-state index < -0.39 is 30.2 Å². The Morgan fingerprint density at radius 3 is 2.29 bits per heavy atom. The zero-order valence-electron chi connectivity index (χ0n) is 16.1. The van der Waals surface area contributed by atoms with E-state index in [9.17, 15) is 18.4 Å². The number of amides is 2. The summed E-state index contributed by atoms with van der Waals surface area (Å²) in [7, 11) is 0. The maximum atomic E-state index is 13.7. The molecule has 0 aliphatic rings. The molecule has 2 aromatic rings. The number of hydrogen-bond donors (Lipinski definition) is 1. The lowest BCUT2D eigenvalue weighted by Gasteiger charge is -2.29. The monoisotopic (exact) mass is 390 g/mol. The van der Waals surface area contributed by atoms with Crippen LogP contribution in [0.25, 0.3) is 0 Å². The molecule has 0 radical (unpaired) electrons. The van der Waals surface area contributed by atoms with Crippen molar-refractivity contribution < 1.29 is 23.1 Å². The largest absolute Gasteiger partial charge is 0.481 e. The molecule has 2 aromatic carbocycles. The number of ether oxygens (including phenoxy) is 1. The van der Waals surface area contributed by atoms with E-state index in [1.807, 2.05) is 13.8 Å². The van der Waals surface area contributed by atoms with E-state index in [1.165, 1.54) is 35.2 Å². The van der Waals surface area contributed by atoms with Gasteiger partial charge in [0.1, 0.15) is 11.9 Å². The van der Waals surface area contributed by atoms with Crippen LogP contribution in [0.2, 0.25) is 0 Å². The van der Waals surface area contributed by atoms with Gasteiger partial charge < -0.3 is 15.0 Å². The lowest BCUT2D eigenvalue weighted by Crippen LogP contribution is -2.50. The zero-order valence-corrected chi connectivity index (χ0v) is 16.1. The predicted octanol–water partition coefficient (Wildman–Crippen LogP) is 3.29. The summed E-state index contributed by atoms with van der Waals surface area (Å²) in [6.07, 6.45) is 0. The SMILES string of the molecule is CC(C)NC(=O)C(C)N(Cc1ccc(F)cc1)C(=O)COc1ccccc1F. The summed E-state index contributed by atoms with van der Waals surface area (Å²) in [6.45, 7) is 4.90. The molecule has 0 aliphatic carbocycles. The van der Waals surface area contributed by atoms with Gasteiger partial charge in [0, 0.05) is 12.6 Å². The highest BCUT2D eigenvalue weighted by Crippen LogP contribution is 2.16. The third-order valence-corrected chi connectivity index (χ3v) is 4.05. The summed E-state index contributed by atoms with van der Waals surface area (Å²) >= 11 is 0. The highest BCUT2D eigenvalue weighted by atomic mass is 19.1. The Kier molecular flexibility index (Phi) is 7.49. The molecule has 150 valence electrons. The Hall–Kier alpha value is -2.96. The summed E-state index contributed by atoms with van der Waals surface area (Å²) in [5.74, 6) is -1.83. The van der Waals surface area contributed by atoms with Crippen molar-refractivity contribution in [3.63, 3.8) is 0 Å². The molecule has 0 saturated carbocycles. The van der Waals surface area contributed by atoms with Crippen LogP contribution in [-0.2, 0) is 16.1 Å². The quantitative estimate of drug-likeness (QED) is 0.753. The molecule has 7 heteroatoms. The van der Waals surface area contributed by atoms with Gasteiger partial charge in [-0.3, -0.25) is 9.59 Å². The number of nitrogens with one attached hydrogen (secondary N) is 1. The lowest BCUT2D eigenvalue weighted by atomic mass is 10.1. The first-order chi connectivity index (χ1) is 13.3. The normalized spacial score (nSPS) is 11.8. The molecule has 0 saturated heterocycles. The number of para-hydroxylation sites is 1. The van der Waals surface area contributed by atoms with Gasteiger partial charge in [-0.05, 0) is 50.6 Å². The van der Waals surface area contributed by atoms with E-state index in [4.69, 9.17) is 4.74 Å². The molecule has 0 heterocycles. The molecule has 1 atom stereocenters. The second-order valence-corrected chi connectivity index (χ2v) is 6.71. The van der Waals surface area contributed by atoms with Gasteiger partial charge in [0.05, 0.1) is 0 Å². The van der Waals surface area contributed by atoms with Gasteiger partial charge in [0.2, 0.25) is 5.91 Å². The van der Waals surface area contributed by atoms with Crippen molar-refractivity contribution in [3.8, 4) is 5.75 Å². The second kappa shape index (κ2) is 9.82. The van der Waals surface area contributed by atoms with Crippen molar-refractivity contribution in [2.24, 2.45) is 0 Å². The molecule has 0 aliphatic heterocycles. The van der Waals surface area contributed by atoms with Crippen LogP contribution in [0.4, 0.5) is 8.78 Å². The molecular formula is C21H24F2N2O3. The van der Waals surface area contributed by atoms with Crippen LogP contribution < -0.4 is 10.1 Å². The fraction of sp³-hybridized carbons (Fsp3) is 0.333. The molecule has 2 rings (SSSR count). The van der Waals surface area contributed by atoms with Crippen LogP contribution >= 0.6 is 0 Å². The number of carbonyl (C=O) groups is 2. The summed E-state index contributed by atoms with van der Waals surface area (Å²) in [5, 5.41) is 2.76. The number of rotatable bonds is 8. The maximum Gasteiger partial charge on any atom is 0.261 e. The average Bonchev–Trinajstić information content (AvgIpc) is 2.65. The van der Waals surface area contributed by atoms with Crippen LogP contribution in [0.1, 0.15) is 26.3 Å². The number of benzene rings is 2. The van der Waals surface area contributed by atoms with Gasteiger partial charge >= 0.3 is 0 Å². The van der Waals surface area contributed by atoms with Crippen LogP contribution in [-0.4, -0.2) is 35.4 Å². The first-order valence-electron chi connectivity index (χ1n) is 8.99. The summed E-state index contributed by atoms with van der Waals surface area (Å²) in [4.78, 5) is 26.5. The summed E-state index contributed by atoms with van der Waals surface area (Å²) < 4.78 is 32.2.